The number of carbonyl (C=O) groups excluding carboxylic acids is 2. The molecule has 0 aliphatic carbocycles. The molecule has 0 saturated carbocycles. The minimum atomic E-state index is -0.224. The summed E-state index contributed by atoms with van der Waals surface area (Å²) in [7, 11) is 1.61. The molecule has 1 aromatic carbocycles. The largest absolute Gasteiger partial charge is 0.475 e. The van der Waals surface area contributed by atoms with Gasteiger partial charge in [0.25, 0.3) is 5.91 Å². The number of likely N-dealkylation sites (tertiary alicyclic amines) is 1. The molecule has 2 amide bonds. The van der Waals surface area contributed by atoms with Crippen molar-refractivity contribution in [1.29, 1.82) is 0 Å². The predicted octanol–water partition coefficient (Wildman–Crippen LogP) is 2.89. The molecule has 0 radical (unpaired) electrons. The summed E-state index contributed by atoms with van der Waals surface area (Å²) in [6.45, 7) is 6.28. The summed E-state index contributed by atoms with van der Waals surface area (Å²) in [4.78, 5) is 31.8. The number of piperidine rings is 1. The van der Waals surface area contributed by atoms with Crippen LogP contribution in [-0.2, 0) is 16.1 Å². The Morgan fingerprint density at radius 1 is 1.19 bits per heavy atom. The first kappa shape index (κ1) is 22.7. The Balaban J connectivity index is 1.58. The smallest absolute Gasteiger partial charge is 0.253 e. The number of carbonyl (C=O) groups is 2. The number of nitrogens with zero attached hydrogens (tertiary/aromatic N) is 2. The van der Waals surface area contributed by atoms with E-state index in [1.54, 1.807) is 18.2 Å². The van der Waals surface area contributed by atoms with Crippen molar-refractivity contribution in [3.05, 3.63) is 58.8 Å². The Morgan fingerprint density at radius 2 is 1.97 bits per heavy atom. The Bertz CT molecular complexity index is 895. The van der Waals surface area contributed by atoms with Crippen LogP contribution < -0.4 is 10.1 Å². The van der Waals surface area contributed by atoms with Gasteiger partial charge >= 0.3 is 0 Å². The average molecular weight is 426 g/mol. The lowest BCUT2D eigenvalue weighted by Gasteiger charge is -2.32. The number of amides is 2. The van der Waals surface area contributed by atoms with Crippen molar-refractivity contribution in [2.75, 3.05) is 33.4 Å². The third-order valence-electron chi connectivity index (χ3n) is 5.38. The molecule has 31 heavy (non-hydrogen) atoms. The Labute approximate surface area is 183 Å². The van der Waals surface area contributed by atoms with Gasteiger partial charge in [-0.25, -0.2) is 4.98 Å². The van der Waals surface area contributed by atoms with Gasteiger partial charge < -0.3 is 19.7 Å². The number of aryl methyl sites for hydroxylation is 2. The maximum Gasteiger partial charge on any atom is 0.253 e. The van der Waals surface area contributed by atoms with Gasteiger partial charge in [0, 0.05) is 44.1 Å². The van der Waals surface area contributed by atoms with E-state index in [4.69, 9.17) is 9.47 Å². The third-order valence-corrected chi connectivity index (χ3v) is 5.38. The van der Waals surface area contributed by atoms with Crippen LogP contribution in [0, 0.1) is 19.8 Å². The lowest BCUT2D eigenvalue weighted by molar-refractivity contribution is -0.126. The van der Waals surface area contributed by atoms with Crippen LogP contribution in [0.15, 0.2) is 36.5 Å². The molecule has 1 aliphatic heterocycles. The van der Waals surface area contributed by atoms with Crippen LogP contribution in [0.1, 0.15) is 39.9 Å². The molecular formula is C24H31N3O4. The number of rotatable bonds is 8. The summed E-state index contributed by atoms with van der Waals surface area (Å²) >= 11 is 0. The first-order valence-electron chi connectivity index (χ1n) is 10.7. The van der Waals surface area contributed by atoms with E-state index in [9.17, 15) is 9.59 Å². The lowest BCUT2D eigenvalue weighted by atomic mass is 9.96. The Kier molecular flexibility index (Phi) is 8.00. The number of hydrogen-bond donors (Lipinski definition) is 1. The second-order valence-corrected chi connectivity index (χ2v) is 7.99. The zero-order valence-corrected chi connectivity index (χ0v) is 18.5. The maximum atomic E-state index is 13.0. The zero-order valence-electron chi connectivity index (χ0n) is 18.5. The van der Waals surface area contributed by atoms with E-state index in [1.807, 2.05) is 38.1 Å². The predicted molar refractivity (Wildman–Crippen MR) is 118 cm³/mol. The van der Waals surface area contributed by atoms with Crippen LogP contribution >= 0.6 is 0 Å². The van der Waals surface area contributed by atoms with Gasteiger partial charge in [-0.2, -0.15) is 0 Å². The number of aromatic nitrogens is 1. The fourth-order valence-corrected chi connectivity index (χ4v) is 3.89. The van der Waals surface area contributed by atoms with Crippen LogP contribution in [0.2, 0.25) is 0 Å². The number of hydrogen-bond acceptors (Lipinski definition) is 5. The summed E-state index contributed by atoms with van der Waals surface area (Å²) in [6.07, 6.45) is 3.24. The van der Waals surface area contributed by atoms with Crippen LogP contribution in [0.25, 0.3) is 0 Å². The molecule has 166 valence electrons. The van der Waals surface area contributed by atoms with Crippen LogP contribution in [-0.4, -0.2) is 55.1 Å². The minimum Gasteiger partial charge on any atom is -0.475 e. The van der Waals surface area contributed by atoms with Crippen molar-refractivity contribution in [3.63, 3.8) is 0 Å². The summed E-state index contributed by atoms with van der Waals surface area (Å²) < 4.78 is 10.6. The summed E-state index contributed by atoms with van der Waals surface area (Å²) in [5, 5.41) is 2.99. The second kappa shape index (κ2) is 10.9. The molecule has 1 saturated heterocycles. The average Bonchev–Trinajstić information content (AvgIpc) is 2.77. The van der Waals surface area contributed by atoms with E-state index in [2.05, 4.69) is 16.4 Å². The fraction of sp³-hybridized carbons (Fsp3) is 0.458. The molecule has 2 heterocycles. The zero-order chi connectivity index (χ0) is 22.2. The number of nitrogens with one attached hydrogen (secondary N) is 1. The summed E-state index contributed by atoms with van der Waals surface area (Å²) in [5.41, 5.74) is 3.63. The van der Waals surface area contributed by atoms with E-state index in [0.717, 1.165) is 29.5 Å². The van der Waals surface area contributed by atoms with Gasteiger partial charge in [-0.1, -0.05) is 23.3 Å². The molecule has 1 aromatic heterocycles. The Morgan fingerprint density at radius 3 is 2.71 bits per heavy atom. The molecule has 1 unspecified atom stereocenters. The van der Waals surface area contributed by atoms with E-state index in [0.29, 0.717) is 44.3 Å². The number of benzene rings is 1. The molecule has 1 atom stereocenters. The number of pyridine rings is 1. The second-order valence-electron chi connectivity index (χ2n) is 7.99. The van der Waals surface area contributed by atoms with Gasteiger partial charge in [0.15, 0.2) is 0 Å². The molecule has 0 bridgehead atoms. The van der Waals surface area contributed by atoms with E-state index in [1.165, 1.54) is 0 Å². The van der Waals surface area contributed by atoms with Gasteiger partial charge in [0.05, 0.1) is 12.5 Å². The van der Waals surface area contributed by atoms with Crippen molar-refractivity contribution in [2.24, 2.45) is 5.92 Å². The molecule has 3 rings (SSSR count). The lowest BCUT2D eigenvalue weighted by Crippen LogP contribution is -2.45. The van der Waals surface area contributed by atoms with Crippen LogP contribution in [0.5, 0.6) is 5.88 Å². The van der Waals surface area contributed by atoms with Gasteiger partial charge in [-0.05, 0) is 44.9 Å². The molecule has 0 spiro atoms. The highest BCUT2D eigenvalue weighted by atomic mass is 16.5. The van der Waals surface area contributed by atoms with Crippen LogP contribution in [0.3, 0.4) is 0 Å². The SMILES string of the molecule is COCCOc1ncccc1CNC(=O)C1CCCN(C(=O)c2cc(C)cc(C)c2)C1. The first-order chi connectivity index (χ1) is 15.0. The number of ether oxygens (including phenoxy) is 2. The molecule has 7 heteroatoms. The van der Waals surface area contributed by atoms with Crippen molar-refractivity contribution in [1.82, 2.24) is 15.2 Å². The monoisotopic (exact) mass is 425 g/mol. The van der Waals surface area contributed by atoms with Gasteiger partial charge in [-0.3, -0.25) is 9.59 Å². The van der Waals surface area contributed by atoms with Gasteiger partial charge in [-0.15, -0.1) is 0 Å². The highest BCUT2D eigenvalue weighted by molar-refractivity contribution is 5.95. The quantitative estimate of drug-likeness (QED) is 0.658. The standard InChI is InChI=1S/C24H31N3O4/c1-17-12-18(2)14-21(13-17)24(29)27-9-5-7-20(16-27)22(28)26-15-19-6-4-8-25-23(19)31-11-10-30-3/h4,6,8,12-14,20H,5,7,9-11,15-16H2,1-3H3,(H,26,28). The molecule has 2 aromatic rings. The highest BCUT2D eigenvalue weighted by Gasteiger charge is 2.29. The van der Waals surface area contributed by atoms with Gasteiger partial charge in [0.1, 0.15) is 6.61 Å². The van der Waals surface area contributed by atoms with E-state index < -0.39 is 0 Å². The molecule has 1 fully saturated rings. The number of methoxy groups -OCH3 is 1. The topological polar surface area (TPSA) is 80.8 Å². The fourth-order valence-electron chi connectivity index (χ4n) is 3.89. The van der Waals surface area contributed by atoms with E-state index in [-0.39, 0.29) is 17.7 Å². The highest BCUT2D eigenvalue weighted by Crippen LogP contribution is 2.21. The maximum absolute atomic E-state index is 13.0. The van der Waals surface area contributed by atoms with Crippen molar-refractivity contribution < 1.29 is 19.1 Å². The molecule has 7 nitrogen and oxygen atoms in total. The molecule has 1 N–H and O–H groups in total. The third kappa shape index (κ3) is 6.28. The van der Waals surface area contributed by atoms with Crippen molar-refractivity contribution in [2.45, 2.75) is 33.2 Å². The summed E-state index contributed by atoms with van der Waals surface area (Å²) in [6, 6.07) is 9.57. The molecular weight excluding hydrogens is 394 g/mol. The van der Waals surface area contributed by atoms with E-state index >= 15 is 0 Å². The summed E-state index contributed by atoms with van der Waals surface area (Å²) in [5.74, 6) is 0.211. The van der Waals surface area contributed by atoms with Crippen LogP contribution in [0.4, 0.5) is 0 Å². The van der Waals surface area contributed by atoms with Gasteiger partial charge in [0.2, 0.25) is 11.8 Å². The molecule has 1 aliphatic rings. The normalized spacial score (nSPS) is 16.1. The first-order valence-corrected chi connectivity index (χ1v) is 10.7. The van der Waals surface area contributed by atoms with Crippen molar-refractivity contribution >= 4 is 11.8 Å². The Hall–Kier alpha value is -2.93. The minimum absolute atomic E-state index is 0.00890. The van der Waals surface area contributed by atoms with Crippen molar-refractivity contribution in [3.8, 4) is 5.88 Å².